The van der Waals surface area contributed by atoms with Gasteiger partial charge in [0.2, 0.25) is 5.43 Å². The topological polar surface area (TPSA) is 98.4 Å². The van der Waals surface area contributed by atoms with E-state index in [0.717, 1.165) is 0 Å². The molecule has 7 heteroatoms. The Balaban J connectivity index is 2.06. The Kier molecular flexibility index (Phi) is 4.01. The van der Waals surface area contributed by atoms with Crippen molar-refractivity contribution in [1.29, 1.82) is 0 Å². The van der Waals surface area contributed by atoms with Crippen molar-refractivity contribution in [3.8, 4) is 17.2 Å². The standard InChI is InChI=1S/C20H20O7/c1-20(23,9-21)15-7-11-13(26-15)8-14(25-3)16-17(22)10-5-4-6-12(24-2)18(10)27-19(11)16/h4-6,8,15,21,23H,7,9H2,1-3H3/t15?,20-/m0/s1. The van der Waals surface area contributed by atoms with E-state index in [-0.39, 0.29) is 11.8 Å². The molecule has 0 saturated heterocycles. The molecule has 4 rings (SSSR count). The largest absolute Gasteiger partial charge is 0.496 e. The first kappa shape index (κ1) is 17.6. The maximum absolute atomic E-state index is 13.1. The minimum Gasteiger partial charge on any atom is -0.496 e. The fraction of sp³-hybridized carbons (Fsp3) is 0.350. The molecule has 27 heavy (non-hydrogen) atoms. The minimum atomic E-state index is -1.44. The number of benzene rings is 2. The van der Waals surface area contributed by atoms with Crippen molar-refractivity contribution in [3.63, 3.8) is 0 Å². The molecule has 142 valence electrons. The number of hydrogen-bond donors (Lipinski definition) is 2. The number of aliphatic hydroxyl groups excluding tert-OH is 1. The van der Waals surface area contributed by atoms with Gasteiger partial charge in [0.25, 0.3) is 0 Å². The molecule has 0 aliphatic carbocycles. The van der Waals surface area contributed by atoms with Gasteiger partial charge in [-0.1, -0.05) is 6.07 Å². The number of para-hydroxylation sites is 1. The van der Waals surface area contributed by atoms with Crippen LogP contribution in [0.5, 0.6) is 17.2 Å². The van der Waals surface area contributed by atoms with Gasteiger partial charge in [0.05, 0.1) is 26.2 Å². The number of hydrogen-bond acceptors (Lipinski definition) is 7. The maximum atomic E-state index is 13.1. The third kappa shape index (κ3) is 2.54. The lowest BCUT2D eigenvalue weighted by Gasteiger charge is -2.26. The predicted octanol–water partition coefficient (Wildman–Crippen LogP) is 2.01. The molecular weight excluding hydrogens is 352 g/mol. The molecule has 3 aromatic rings. The van der Waals surface area contributed by atoms with E-state index >= 15 is 0 Å². The maximum Gasteiger partial charge on any atom is 0.204 e. The molecule has 0 bridgehead atoms. The summed E-state index contributed by atoms with van der Waals surface area (Å²) in [6.07, 6.45) is -0.390. The predicted molar refractivity (Wildman–Crippen MR) is 98.9 cm³/mol. The van der Waals surface area contributed by atoms with Crippen LogP contribution in [0.25, 0.3) is 21.9 Å². The summed E-state index contributed by atoms with van der Waals surface area (Å²) in [7, 11) is 2.97. The molecule has 1 aliphatic rings. The molecule has 0 radical (unpaired) electrons. The summed E-state index contributed by atoms with van der Waals surface area (Å²) < 4.78 is 22.7. The lowest BCUT2D eigenvalue weighted by molar-refractivity contribution is -0.0729. The normalized spacial score (nSPS) is 18.2. The molecule has 2 atom stereocenters. The molecule has 2 N–H and O–H groups in total. The van der Waals surface area contributed by atoms with Crippen molar-refractivity contribution >= 4 is 21.9 Å². The van der Waals surface area contributed by atoms with Gasteiger partial charge < -0.3 is 28.8 Å². The third-order valence-electron chi connectivity index (χ3n) is 5.07. The molecular formula is C20H20O7. The van der Waals surface area contributed by atoms with Gasteiger partial charge in [0.15, 0.2) is 11.3 Å². The lowest BCUT2D eigenvalue weighted by Crippen LogP contribution is -2.45. The number of fused-ring (bicyclic) bond motifs is 4. The van der Waals surface area contributed by atoms with Crippen LogP contribution in [0.2, 0.25) is 0 Å². The molecule has 1 aliphatic heterocycles. The highest BCUT2D eigenvalue weighted by atomic mass is 16.5. The van der Waals surface area contributed by atoms with Crippen molar-refractivity contribution in [2.24, 2.45) is 0 Å². The van der Waals surface area contributed by atoms with Crippen molar-refractivity contribution < 1.29 is 28.8 Å². The Morgan fingerprint density at radius 2 is 1.96 bits per heavy atom. The summed E-state index contributed by atoms with van der Waals surface area (Å²) in [6.45, 7) is 1.04. The molecule has 2 aromatic carbocycles. The van der Waals surface area contributed by atoms with E-state index in [9.17, 15) is 15.0 Å². The second-order valence-corrected chi connectivity index (χ2v) is 6.85. The summed E-state index contributed by atoms with van der Waals surface area (Å²) in [5.74, 6) is 1.22. The Morgan fingerprint density at radius 3 is 2.63 bits per heavy atom. The number of rotatable bonds is 4. The smallest absolute Gasteiger partial charge is 0.204 e. The zero-order valence-corrected chi connectivity index (χ0v) is 15.2. The van der Waals surface area contributed by atoms with Crippen LogP contribution in [0.4, 0.5) is 0 Å². The van der Waals surface area contributed by atoms with Crippen LogP contribution in [0.3, 0.4) is 0 Å². The monoisotopic (exact) mass is 372 g/mol. The zero-order valence-electron chi connectivity index (χ0n) is 15.2. The fourth-order valence-corrected chi connectivity index (χ4v) is 3.47. The van der Waals surface area contributed by atoms with E-state index in [0.29, 0.717) is 44.8 Å². The number of aliphatic hydroxyl groups is 2. The highest BCUT2D eigenvalue weighted by Gasteiger charge is 2.40. The Morgan fingerprint density at radius 1 is 1.22 bits per heavy atom. The van der Waals surface area contributed by atoms with E-state index < -0.39 is 18.3 Å². The van der Waals surface area contributed by atoms with Crippen LogP contribution in [0.15, 0.2) is 33.5 Å². The van der Waals surface area contributed by atoms with E-state index in [2.05, 4.69) is 0 Å². The highest BCUT2D eigenvalue weighted by Crippen LogP contribution is 2.43. The molecule has 1 aromatic heterocycles. The first-order chi connectivity index (χ1) is 12.9. The van der Waals surface area contributed by atoms with Gasteiger partial charge in [0.1, 0.15) is 34.2 Å². The highest BCUT2D eigenvalue weighted by molar-refractivity contribution is 5.97. The van der Waals surface area contributed by atoms with E-state index in [1.54, 1.807) is 24.3 Å². The van der Waals surface area contributed by atoms with E-state index in [1.165, 1.54) is 21.1 Å². The first-order valence-corrected chi connectivity index (χ1v) is 8.54. The average Bonchev–Trinajstić information content (AvgIpc) is 3.12. The molecule has 0 fully saturated rings. The Labute approximate surface area is 154 Å². The third-order valence-corrected chi connectivity index (χ3v) is 5.07. The summed E-state index contributed by atoms with van der Waals surface area (Å²) in [5, 5.41) is 20.5. The van der Waals surface area contributed by atoms with Crippen LogP contribution in [0, 0.1) is 0 Å². The van der Waals surface area contributed by atoms with Crippen LogP contribution >= 0.6 is 0 Å². The summed E-state index contributed by atoms with van der Waals surface area (Å²) in [5.41, 5.74) is -0.350. The van der Waals surface area contributed by atoms with Gasteiger partial charge in [-0.2, -0.15) is 0 Å². The van der Waals surface area contributed by atoms with Gasteiger partial charge in [-0.25, -0.2) is 0 Å². The molecule has 1 unspecified atom stereocenters. The van der Waals surface area contributed by atoms with E-state index in [4.69, 9.17) is 18.6 Å². The van der Waals surface area contributed by atoms with Crippen LogP contribution in [0.1, 0.15) is 12.5 Å². The van der Waals surface area contributed by atoms with Crippen LogP contribution in [-0.2, 0) is 6.42 Å². The molecule has 0 amide bonds. The van der Waals surface area contributed by atoms with Crippen LogP contribution in [-0.4, -0.2) is 42.7 Å². The molecule has 0 saturated carbocycles. The number of methoxy groups -OCH3 is 2. The zero-order chi connectivity index (χ0) is 19.3. The van der Waals surface area contributed by atoms with Crippen molar-refractivity contribution in [2.75, 3.05) is 20.8 Å². The molecule has 0 spiro atoms. The van der Waals surface area contributed by atoms with Gasteiger partial charge in [-0.3, -0.25) is 4.79 Å². The van der Waals surface area contributed by atoms with E-state index in [1.807, 2.05) is 0 Å². The number of ether oxygens (including phenoxy) is 3. The van der Waals surface area contributed by atoms with Crippen LogP contribution < -0.4 is 19.6 Å². The fourth-order valence-electron chi connectivity index (χ4n) is 3.47. The summed E-state index contributed by atoms with van der Waals surface area (Å²) >= 11 is 0. The summed E-state index contributed by atoms with van der Waals surface area (Å²) in [6, 6.07) is 6.73. The minimum absolute atomic E-state index is 0.234. The second-order valence-electron chi connectivity index (χ2n) is 6.85. The van der Waals surface area contributed by atoms with Gasteiger partial charge >= 0.3 is 0 Å². The Bertz CT molecular complexity index is 1100. The average molecular weight is 372 g/mol. The van der Waals surface area contributed by atoms with Crippen molar-refractivity contribution in [1.82, 2.24) is 0 Å². The SMILES string of the molecule is COc1cccc2c(=O)c3c(OC)cc4c(c3oc12)CC([C@@](C)(O)CO)O4. The van der Waals surface area contributed by atoms with Crippen molar-refractivity contribution in [2.45, 2.75) is 25.0 Å². The van der Waals surface area contributed by atoms with Gasteiger partial charge in [0, 0.05) is 18.1 Å². The van der Waals surface area contributed by atoms with Crippen molar-refractivity contribution in [3.05, 3.63) is 40.1 Å². The molecule has 7 nitrogen and oxygen atoms in total. The van der Waals surface area contributed by atoms with Gasteiger partial charge in [-0.05, 0) is 19.1 Å². The second kappa shape index (κ2) is 6.14. The quantitative estimate of drug-likeness (QED) is 0.676. The lowest BCUT2D eigenvalue weighted by atomic mass is 9.95. The summed E-state index contributed by atoms with van der Waals surface area (Å²) in [4.78, 5) is 13.1. The molecule has 2 heterocycles. The van der Waals surface area contributed by atoms with Gasteiger partial charge in [-0.15, -0.1) is 0 Å². The first-order valence-electron chi connectivity index (χ1n) is 8.54. The Hall–Kier alpha value is -2.77.